The van der Waals surface area contributed by atoms with Crippen LogP contribution in [0.1, 0.15) is 25.1 Å². The van der Waals surface area contributed by atoms with Crippen molar-refractivity contribution in [3.8, 4) is 0 Å². The van der Waals surface area contributed by atoms with Gasteiger partial charge in [0.15, 0.2) is 0 Å². The zero-order valence-electron chi connectivity index (χ0n) is 21.1. The number of H-pyrrole nitrogens is 2. The van der Waals surface area contributed by atoms with E-state index in [2.05, 4.69) is 43.5 Å². The third kappa shape index (κ3) is 7.35. The molecule has 12 nitrogen and oxygen atoms in total. The number of nitrogens with two attached hydrogens (primary N) is 1. The number of hydrogen-bond donors (Lipinski definition) is 8. The molecule has 38 heavy (non-hydrogen) atoms. The Labute approximate surface area is 225 Å². The summed E-state index contributed by atoms with van der Waals surface area (Å²) in [6.07, 6.45) is 5.00. The SMILES string of the molecule is CC(C)C(NC(=O)C(N)Cc1c[nH]c2ccccc12)C(=O)NC(Cc1cnc[nH]1)C(=O)NC(CS)C(=O)O. The number of imidazole rings is 1. The van der Waals surface area contributed by atoms with Gasteiger partial charge in [0.2, 0.25) is 17.7 Å². The Morgan fingerprint density at radius 3 is 2.34 bits per heavy atom. The Morgan fingerprint density at radius 2 is 1.71 bits per heavy atom. The number of rotatable bonds is 13. The summed E-state index contributed by atoms with van der Waals surface area (Å²) in [6, 6.07) is 3.37. The van der Waals surface area contributed by atoms with Crippen molar-refractivity contribution < 1.29 is 24.3 Å². The van der Waals surface area contributed by atoms with Crippen molar-refractivity contribution in [1.82, 2.24) is 30.9 Å². The number of carboxylic acid groups (broad SMARTS) is 1. The third-order valence-electron chi connectivity index (χ3n) is 6.11. The Balaban J connectivity index is 1.70. The van der Waals surface area contributed by atoms with Gasteiger partial charge in [0.1, 0.15) is 18.1 Å². The molecule has 1 aromatic carbocycles. The smallest absolute Gasteiger partial charge is 0.327 e. The fraction of sp³-hybridized carbons (Fsp3) is 0.400. The Morgan fingerprint density at radius 1 is 1.00 bits per heavy atom. The monoisotopic (exact) mass is 543 g/mol. The highest BCUT2D eigenvalue weighted by Crippen LogP contribution is 2.19. The number of benzene rings is 1. The first-order valence-electron chi connectivity index (χ1n) is 12.1. The summed E-state index contributed by atoms with van der Waals surface area (Å²) < 4.78 is 0. The molecule has 0 aliphatic rings. The van der Waals surface area contributed by atoms with E-state index in [1.807, 2.05) is 24.3 Å². The maximum absolute atomic E-state index is 13.3. The molecule has 204 valence electrons. The van der Waals surface area contributed by atoms with Crippen molar-refractivity contribution in [2.45, 2.75) is 50.9 Å². The molecule has 0 spiro atoms. The third-order valence-corrected chi connectivity index (χ3v) is 6.47. The number of aromatic nitrogens is 3. The van der Waals surface area contributed by atoms with Crippen LogP contribution in [0.4, 0.5) is 0 Å². The van der Waals surface area contributed by atoms with E-state index in [9.17, 15) is 24.3 Å². The van der Waals surface area contributed by atoms with Gasteiger partial charge < -0.3 is 36.8 Å². The number of nitrogens with zero attached hydrogens (tertiary/aromatic N) is 1. The van der Waals surface area contributed by atoms with E-state index in [1.165, 1.54) is 12.5 Å². The first kappa shape index (κ1) is 28.7. The van der Waals surface area contributed by atoms with E-state index < -0.39 is 47.9 Å². The largest absolute Gasteiger partial charge is 0.480 e. The number of carbonyl (C=O) groups is 4. The molecule has 0 saturated heterocycles. The second kappa shape index (κ2) is 13.1. The summed E-state index contributed by atoms with van der Waals surface area (Å²) in [5, 5.41) is 18.0. The number of thiol groups is 1. The highest BCUT2D eigenvalue weighted by Gasteiger charge is 2.32. The van der Waals surface area contributed by atoms with Gasteiger partial charge in [0, 0.05) is 41.2 Å². The van der Waals surface area contributed by atoms with Crippen LogP contribution in [0, 0.1) is 5.92 Å². The maximum Gasteiger partial charge on any atom is 0.327 e. The number of nitrogens with one attached hydrogen (secondary N) is 5. The van der Waals surface area contributed by atoms with Crippen molar-refractivity contribution in [3.63, 3.8) is 0 Å². The maximum atomic E-state index is 13.3. The van der Waals surface area contributed by atoms with E-state index in [-0.39, 0.29) is 24.5 Å². The minimum Gasteiger partial charge on any atom is -0.480 e. The lowest BCUT2D eigenvalue weighted by molar-refractivity contribution is -0.141. The average molecular weight is 544 g/mol. The van der Waals surface area contributed by atoms with E-state index in [0.29, 0.717) is 5.69 Å². The van der Waals surface area contributed by atoms with Gasteiger partial charge >= 0.3 is 5.97 Å². The molecule has 4 unspecified atom stereocenters. The summed E-state index contributed by atoms with van der Waals surface area (Å²) in [5.74, 6) is -3.55. The molecule has 4 atom stereocenters. The molecule has 3 amide bonds. The molecule has 0 aliphatic carbocycles. The molecule has 0 bridgehead atoms. The van der Waals surface area contributed by atoms with Crippen LogP contribution >= 0.6 is 12.6 Å². The van der Waals surface area contributed by atoms with Gasteiger partial charge in [-0.25, -0.2) is 9.78 Å². The van der Waals surface area contributed by atoms with E-state index >= 15 is 0 Å². The number of amides is 3. The van der Waals surface area contributed by atoms with Crippen LogP contribution in [-0.4, -0.2) is 73.7 Å². The molecule has 3 rings (SSSR count). The second-order valence-corrected chi connectivity index (χ2v) is 9.69. The van der Waals surface area contributed by atoms with Crippen LogP contribution in [0.2, 0.25) is 0 Å². The van der Waals surface area contributed by atoms with Gasteiger partial charge in [0.05, 0.1) is 12.4 Å². The predicted octanol–water partition coefficient (Wildman–Crippen LogP) is 0.128. The predicted molar refractivity (Wildman–Crippen MR) is 144 cm³/mol. The van der Waals surface area contributed by atoms with Crippen molar-refractivity contribution in [1.29, 1.82) is 0 Å². The van der Waals surface area contributed by atoms with Crippen LogP contribution in [0.5, 0.6) is 0 Å². The lowest BCUT2D eigenvalue weighted by atomic mass is 10.00. The molecule has 0 aliphatic heterocycles. The van der Waals surface area contributed by atoms with Gasteiger partial charge in [0.25, 0.3) is 0 Å². The fourth-order valence-corrected chi connectivity index (χ4v) is 4.22. The minimum absolute atomic E-state index is 0.0231. The fourth-order valence-electron chi connectivity index (χ4n) is 3.97. The van der Waals surface area contributed by atoms with Crippen LogP contribution in [0.15, 0.2) is 43.0 Å². The zero-order valence-corrected chi connectivity index (χ0v) is 22.0. The molecule has 8 N–H and O–H groups in total. The molecule has 2 aromatic heterocycles. The number of para-hydroxylation sites is 1. The lowest BCUT2D eigenvalue weighted by Crippen LogP contribution is -2.59. The first-order chi connectivity index (χ1) is 18.1. The van der Waals surface area contributed by atoms with Crippen LogP contribution in [-0.2, 0) is 32.0 Å². The van der Waals surface area contributed by atoms with Crippen molar-refractivity contribution in [2.75, 3.05) is 5.75 Å². The number of carbonyl (C=O) groups excluding carboxylic acids is 3. The van der Waals surface area contributed by atoms with Crippen molar-refractivity contribution in [2.24, 2.45) is 11.7 Å². The molecule has 0 saturated carbocycles. The molecule has 0 fully saturated rings. The summed E-state index contributed by atoms with van der Waals surface area (Å²) >= 11 is 3.96. The van der Waals surface area contributed by atoms with Crippen LogP contribution in [0.3, 0.4) is 0 Å². The van der Waals surface area contributed by atoms with Gasteiger partial charge in [-0.05, 0) is 24.0 Å². The Bertz CT molecular complexity index is 1260. The Hall–Kier alpha value is -3.84. The van der Waals surface area contributed by atoms with E-state index in [0.717, 1.165) is 16.5 Å². The van der Waals surface area contributed by atoms with Gasteiger partial charge in [-0.3, -0.25) is 14.4 Å². The molecular formula is C25H33N7O5S. The quantitative estimate of drug-likeness (QED) is 0.140. The number of fused-ring (bicyclic) bond motifs is 1. The Kier molecular flexibility index (Phi) is 9.91. The zero-order chi connectivity index (χ0) is 27.8. The summed E-state index contributed by atoms with van der Waals surface area (Å²) in [6.45, 7) is 3.50. The summed E-state index contributed by atoms with van der Waals surface area (Å²) in [5.41, 5.74) is 8.55. The highest BCUT2D eigenvalue weighted by molar-refractivity contribution is 7.80. The van der Waals surface area contributed by atoms with Crippen LogP contribution in [0.25, 0.3) is 10.9 Å². The topological polar surface area (TPSA) is 195 Å². The van der Waals surface area contributed by atoms with Crippen molar-refractivity contribution in [3.05, 3.63) is 54.2 Å². The van der Waals surface area contributed by atoms with Gasteiger partial charge in [-0.2, -0.15) is 12.6 Å². The lowest BCUT2D eigenvalue weighted by Gasteiger charge is -2.26. The minimum atomic E-state index is -1.25. The van der Waals surface area contributed by atoms with E-state index in [1.54, 1.807) is 20.0 Å². The molecule has 3 aromatic rings. The van der Waals surface area contributed by atoms with E-state index in [4.69, 9.17) is 5.73 Å². The normalized spacial score (nSPS) is 14.4. The van der Waals surface area contributed by atoms with Gasteiger partial charge in [-0.15, -0.1) is 0 Å². The first-order valence-corrected chi connectivity index (χ1v) is 12.8. The number of carboxylic acids is 1. The molecule has 2 heterocycles. The number of aromatic amines is 2. The summed E-state index contributed by atoms with van der Waals surface area (Å²) in [7, 11) is 0. The molecule has 13 heteroatoms. The van der Waals surface area contributed by atoms with Crippen molar-refractivity contribution >= 4 is 47.2 Å². The highest BCUT2D eigenvalue weighted by atomic mass is 32.1. The second-order valence-electron chi connectivity index (χ2n) is 9.32. The average Bonchev–Trinajstić information content (AvgIpc) is 3.54. The van der Waals surface area contributed by atoms with Crippen LogP contribution < -0.4 is 21.7 Å². The molecular weight excluding hydrogens is 510 g/mol. The van der Waals surface area contributed by atoms with Gasteiger partial charge in [-0.1, -0.05) is 32.0 Å². The molecule has 0 radical (unpaired) electrons. The number of aliphatic carboxylic acids is 1. The summed E-state index contributed by atoms with van der Waals surface area (Å²) in [4.78, 5) is 60.4. The number of hydrogen-bond acceptors (Lipinski definition) is 7. The standard InChI is InChI=1S/C25H33N7O5S/c1-13(2)21(32-22(33)17(26)7-14-9-28-18-6-4-3-5-16(14)18)24(35)30-19(8-15-10-27-12-29-15)23(34)31-20(11-38)25(36)37/h3-6,9-10,12-13,17,19-21,28,38H,7-8,11,26H2,1-2H3,(H,27,29)(H,30,35)(H,31,34)(H,32,33)(H,36,37).